The first kappa shape index (κ1) is 15.1. The van der Waals surface area contributed by atoms with Gasteiger partial charge in [-0.1, -0.05) is 60.7 Å². The zero-order valence-corrected chi connectivity index (χ0v) is 13.5. The minimum Gasteiger partial charge on any atom is -0.271 e. The van der Waals surface area contributed by atoms with Crippen LogP contribution in [0.25, 0.3) is 0 Å². The van der Waals surface area contributed by atoms with E-state index in [0.717, 1.165) is 11.3 Å². The van der Waals surface area contributed by atoms with Gasteiger partial charge in [0.25, 0.3) is 11.8 Å². The molecule has 1 aliphatic rings. The molecule has 122 valence electrons. The molecule has 0 saturated heterocycles. The quantitative estimate of drug-likeness (QED) is 0.682. The number of carbonyl (C=O) groups is 2. The molecule has 1 heterocycles. The molecule has 0 atom stereocenters. The van der Waals surface area contributed by atoms with E-state index in [9.17, 15) is 9.59 Å². The molecule has 1 aliphatic heterocycles. The highest BCUT2D eigenvalue weighted by Crippen LogP contribution is 2.28. The number of hydrogen-bond donors (Lipinski definition) is 0. The Labute approximate surface area is 145 Å². The Morgan fingerprint density at radius 1 is 0.640 bits per heavy atom. The van der Waals surface area contributed by atoms with Crippen LogP contribution in [0.3, 0.4) is 0 Å². The summed E-state index contributed by atoms with van der Waals surface area (Å²) >= 11 is 0. The number of hydrazine groups is 1. The Bertz CT molecular complexity index is 888. The van der Waals surface area contributed by atoms with Gasteiger partial charge < -0.3 is 0 Å². The summed E-state index contributed by atoms with van der Waals surface area (Å²) in [6.07, 6.45) is 0. The Morgan fingerprint density at radius 2 is 1.12 bits per heavy atom. The van der Waals surface area contributed by atoms with Crippen molar-refractivity contribution >= 4 is 17.5 Å². The van der Waals surface area contributed by atoms with Crippen LogP contribution in [0.1, 0.15) is 26.3 Å². The van der Waals surface area contributed by atoms with Crippen LogP contribution in [-0.2, 0) is 6.54 Å². The van der Waals surface area contributed by atoms with Crippen LogP contribution in [0.15, 0.2) is 84.9 Å². The van der Waals surface area contributed by atoms with Gasteiger partial charge in [-0.25, -0.2) is 0 Å². The van der Waals surface area contributed by atoms with Crippen LogP contribution in [0.4, 0.5) is 5.69 Å². The summed E-state index contributed by atoms with van der Waals surface area (Å²) in [5.41, 5.74) is 2.70. The Balaban J connectivity index is 1.77. The highest BCUT2D eigenvalue weighted by Gasteiger charge is 2.39. The molecule has 4 heteroatoms. The van der Waals surface area contributed by atoms with Gasteiger partial charge in [0.2, 0.25) is 0 Å². The minimum absolute atomic E-state index is 0.291. The van der Waals surface area contributed by atoms with Gasteiger partial charge in [0, 0.05) is 0 Å². The summed E-state index contributed by atoms with van der Waals surface area (Å²) in [7, 11) is 0. The molecule has 0 fully saturated rings. The third-order valence-electron chi connectivity index (χ3n) is 4.24. The summed E-state index contributed by atoms with van der Waals surface area (Å²) < 4.78 is 0. The van der Waals surface area contributed by atoms with Crippen molar-refractivity contribution in [2.75, 3.05) is 5.01 Å². The van der Waals surface area contributed by atoms with Crippen molar-refractivity contribution in [3.63, 3.8) is 0 Å². The van der Waals surface area contributed by atoms with Crippen LogP contribution in [0, 0.1) is 0 Å². The zero-order valence-electron chi connectivity index (χ0n) is 13.5. The second-order valence-electron chi connectivity index (χ2n) is 5.85. The molecular weight excluding hydrogens is 312 g/mol. The molecular formula is C21H16N2O2. The summed E-state index contributed by atoms with van der Waals surface area (Å²) in [6.45, 7) is 0.427. The molecule has 0 bridgehead atoms. The number of anilines is 1. The van der Waals surface area contributed by atoms with Gasteiger partial charge in [-0.3, -0.25) is 14.6 Å². The lowest BCUT2D eigenvalue weighted by Gasteiger charge is -2.32. The standard InChI is InChI=1S/C21H16N2O2/c24-20-18-13-7-8-14-19(18)21(25)23(20)22(17-11-5-2-6-12-17)15-16-9-3-1-4-10-16/h1-14H,15H2. The molecule has 3 aromatic carbocycles. The molecule has 2 amide bonds. The Kier molecular flexibility index (Phi) is 3.78. The molecule has 4 rings (SSSR count). The van der Waals surface area contributed by atoms with E-state index in [0.29, 0.717) is 17.7 Å². The van der Waals surface area contributed by atoms with E-state index in [2.05, 4.69) is 0 Å². The van der Waals surface area contributed by atoms with Crippen LogP contribution in [0.5, 0.6) is 0 Å². The van der Waals surface area contributed by atoms with Gasteiger partial charge in [-0.05, 0) is 29.8 Å². The number of fused-ring (bicyclic) bond motifs is 1. The number of hydrogen-bond acceptors (Lipinski definition) is 3. The van der Waals surface area contributed by atoms with Crippen molar-refractivity contribution < 1.29 is 9.59 Å². The first-order valence-electron chi connectivity index (χ1n) is 8.10. The fourth-order valence-electron chi connectivity index (χ4n) is 3.03. The third kappa shape index (κ3) is 2.68. The molecule has 0 saturated carbocycles. The minimum atomic E-state index is -0.291. The zero-order chi connectivity index (χ0) is 17.2. The van der Waals surface area contributed by atoms with E-state index in [1.165, 1.54) is 5.01 Å². The van der Waals surface area contributed by atoms with Crippen molar-refractivity contribution in [2.45, 2.75) is 6.54 Å². The normalized spacial score (nSPS) is 13.0. The van der Waals surface area contributed by atoms with E-state index in [-0.39, 0.29) is 11.8 Å². The van der Waals surface area contributed by atoms with E-state index in [4.69, 9.17) is 0 Å². The molecule has 0 unspecified atom stereocenters. The lowest BCUT2D eigenvalue weighted by Crippen LogP contribution is -2.46. The SMILES string of the molecule is O=C1c2ccccc2C(=O)N1N(Cc1ccccc1)c1ccccc1. The monoisotopic (exact) mass is 328 g/mol. The highest BCUT2D eigenvalue weighted by molar-refractivity contribution is 6.22. The number of nitrogens with zero attached hydrogens (tertiary/aromatic N) is 2. The third-order valence-corrected chi connectivity index (χ3v) is 4.24. The largest absolute Gasteiger partial charge is 0.280 e. The smallest absolute Gasteiger partial charge is 0.271 e. The molecule has 0 aliphatic carbocycles. The maximum absolute atomic E-state index is 12.9. The van der Waals surface area contributed by atoms with Crippen molar-refractivity contribution in [1.82, 2.24) is 5.01 Å². The van der Waals surface area contributed by atoms with Gasteiger partial charge in [-0.2, -0.15) is 5.01 Å². The van der Waals surface area contributed by atoms with Crippen LogP contribution in [-0.4, -0.2) is 16.8 Å². The van der Waals surface area contributed by atoms with Gasteiger partial charge in [0.05, 0.1) is 23.4 Å². The fourth-order valence-corrected chi connectivity index (χ4v) is 3.03. The number of para-hydroxylation sites is 1. The number of amides is 2. The maximum Gasteiger partial charge on any atom is 0.280 e. The van der Waals surface area contributed by atoms with Crippen LogP contribution in [0.2, 0.25) is 0 Å². The van der Waals surface area contributed by atoms with Crippen molar-refractivity contribution in [3.8, 4) is 0 Å². The molecule has 0 N–H and O–H groups in total. The summed E-state index contributed by atoms with van der Waals surface area (Å²) in [5, 5.41) is 2.98. The lowest BCUT2D eigenvalue weighted by atomic mass is 10.1. The van der Waals surface area contributed by atoms with Crippen LogP contribution >= 0.6 is 0 Å². The predicted molar refractivity (Wildman–Crippen MR) is 96.0 cm³/mol. The Morgan fingerprint density at radius 3 is 1.68 bits per heavy atom. The van der Waals surface area contributed by atoms with Gasteiger partial charge >= 0.3 is 0 Å². The van der Waals surface area contributed by atoms with E-state index < -0.39 is 0 Å². The second kappa shape index (κ2) is 6.24. The fraction of sp³-hybridized carbons (Fsp3) is 0.0476. The first-order chi connectivity index (χ1) is 12.3. The summed E-state index contributed by atoms with van der Waals surface area (Å²) in [6, 6.07) is 26.2. The van der Waals surface area contributed by atoms with Crippen molar-refractivity contribution in [3.05, 3.63) is 102 Å². The molecule has 4 nitrogen and oxygen atoms in total. The van der Waals surface area contributed by atoms with Gasteiger partial charge in [-0.15, -0.1) is 0 Å². The lowest BCUT2D eigenvalue weighted by molar-refractivity contribution is 0.0631. The van der Waals surface area contributed by atoms with E-state index >= 15 is 0 Å². The highest BCUT2D eigenvalue weighted by atomic mass is 16.2. The van der Waals surface area contributed by atoms with Crippen molar-refractivity contribution in [1.29, 1.82) is 0 Å². The number of imide groups is 1. The average molecular weight is 328 g/mol. The maximum atomic E-state index is 12.9. The van der Waals surface area contributed by atoms with E-state index in [1.54, 1.807) is 29.3 Å². The second-order valence-corrected chi connectivity index (χ2v) is 5.85. The summed E-state index contributed by atoms with van der Waals surface area (Å²) in [5.74, 6) is -0.583. The molecule has 0 radical (unpaired) electrons. The summed E-state index contributed by atoms with van der Waals surface area (Å²) in [4.78, 5) is 25.8. The van der Waals surface area contributed by atoms with Crippen molar-refractivity contribution in [2.24, 2.45) is 0 Å². The van der Waals surface area contributed by atoms with Gasteiger partial charge in [0.15, 0.2) is 0 Å². The van der Waals surface area contributed by atoms with Crippen LogP contribution < -0.4 is 5.01 Å². The molecule has 0 aromatic heterocycles. The molecule has 0 spiro atoms. The first-order valence-corrected chi connectivity index (χ1v) is 8.10. The Hall–Kier alpha value is -3.40. The topological polar surface area (TPSA) is 40.6 Å². The predicted octanol–water partition coefficient (Wildman–Crippen LogP) is 3.90. The van der Waals surface area contributed by atoms with E-state index in [1.807, 2.05) is 60.7 Å². The molecule has 3 aromatic rings. The molecule has 25 heavy (non-hydrogen) atoms. The number of carbonyl (C=O) groups excluding carboxylic acids is 2. The van der Waals surface area contributed by atoms with Gasteiger partial charge in [0.1, 0.15) is 0 Å². The number of rotatable bonds is 4. The number of benzene rings is 3. The average Bonchev–Trinajstić information content (AvgIpc) is 2.93.